The first-order chi connectivity index (χ1) is 13.1. The number of amides is 1. The molecule has 1 aliphatic heterocycles. The molecule has 1 saturated heterocycles. The molecule has 1 fully saturated rings. The van der Waals surface area contributed by atoms with Crippen molar-refractivity contribution in [3.8, 4) is 5.75 Å². The molecule has 0 radical (unpaired) electrons. The standard InChI is InChI=1S/C21H26ClN3O2/c1-24-11-13-25(14-12-24)20(17-7-9-18(22)10-8-17)15-23-21(26)16-27-19-5-3-2-4-6-19/h2-10,20H,11-16H2,1H3,(H,23,26)/t20-/m1/s1. The fourth-order valence-corrected chi connectivity index (χ4v) is 3.33. The van der Waals surface area contributed by atoms with Gasteiger partial charge in [-0.2, -0.15) is 0 Å². The van der Waals surface area contributed by atoms with Crippen molar-refractivity contribution in [3.05, 3.63) is 65.2 Å². The molecule has 27 heavy (non-hydrogen) atoms. The summed E-state index contributed by atoms with van der Waals surface area (Å²) in [5, 5.41) is 3.74. The van der Waals surface area contributed by atoms with Crippen molar-refractivity contribution in [2.75, 3.05) is 46.4 Å². The fraction of sp³-hybridized carbons (Fsp3) is 0.381. The van der Waals surface area contributed by atoms with Crippen LogP contribution >= 0.6 is 11.6 Å². The summed E-state index contributed by atoms with van der Waals surface area (Å²) in [5.41, 5.74) is 1.16. The van der Waals surface area contributed by atoms with Crippen LogP contribution in [0.4, 0.5) is 0 Å². The van der Waals surface area contributed by atoms with E-state index in [0.717, 1.165) is 36.8 Å². The first kappa shape index (κ1) is 19.7. The average Bonchev–Trinajstić information content (AvgIpc) is 2.70. The number of hydrogen-bond acceptors (Lipinski definition) is 4. The van der Waals surface area contributed by atoms with Crippen LogP contribution in [0.5, 0.6) is 5.75 Å². The molecule has 0 aliphatic carbocycles. The zero-order valence-corrected chi connectivity index (χ0v) is 16.4. The lowest BCUT2D eigenvalue weighted by Gasteiger charge is -2.38. The second-order valence-electron chi connectivity index (χ2n) is 6.81. The van der Waals surface area contributed by atoms with E-state index in [1.54, 1.807) is 0 Å². The van der Waals surface area contributed by atoms with Crippen LogP contribution in [0.3, 0.4) is 0 Å². The SMILES string of the molecule is CN1CCN([C@H](CNC(=O)COc2ccccc2)c2ccc(Cl)cc2)CC1. The largest absolute Gasteiger partial charge is 0.484 e. The summed E-state index contributed by atoms with van der Waals surface area (Å²) >= 11 is 6.04. The summed E-state index contributed by atoms with van der Waals surface area (Å²) < 4.78 is 5.53. The van der Waals surface area contributed by atoms with Crippen molar-refractivity contribution in [1.82, 2.24) is 15.1 Å². The highest BCUT2D eigenvalue weighted by Gasteiger charge is 2.24. The van der Waals surface area contributed by atoms with Crippen LogP contribution in [0, 0.1) is 0 Å². The highest BCUT2D eigenvalue weighted by atomic mass is 35.5. The normalized spacial score (nSPS) is 16.7. The van der Waals surface area contributed by atoms with Gasteiger partial charge >= 0.3 is 0 Å². The molecular formula is C21H26ClN3O2. The monoisotopic (exact) mass is 387 g/mol. The van der Waals surface area contributed by atoms with Gasteiger partial charge in [-0.1, -0.05) is 41.9 Å². The van der Waals surface area contributed by atoms with Gasteiger partial charge in [0.05, 0.1) is 6.04 Å². The molecule has 6 heteroatoms. The number of piperazine rings is 1. The van der Waals surface area contributed by atoms with E-state index in [1.807, 2.05) is 54.6 Å². The summed E-state index contributed by atoms with van der Waals surface area (Å²) in [6, 6.07) is 17.4. The number of nitrogens with one attached hydrogen (secondary N) is 1. The highest BCUT2D eigenvalue weighted by Crippen LogP contribution is 2.23. The van der Waals surface area contributed by atoms with Crippen molar-refractivity contribution < 1.29 is 9.53 Å². The van der Waals surface area contributed by atoms with E-state index >= 15 is 0 Å². The second kappa shape index (κ2) is 9.74. The highest BCUT2D eigenvalue weighted by molar-refractivity contribution is 6.30. The number of halogens is 1. The van der Waals surface area contributed by atoms with Crippen LogP contribution in [0.25, 0.3) is 0 Å². The third-order valence-electron chi connectivity index (χ3n) is 4.84. The van der Waals surface area contributed by atoms with Crippen LogP contribution in [0.2, 0.25) is 5.02 Å². The number of benzene rings is 2. The molecule has 0 aromatic heterocycles. The van der Waals surface area contributed by atoms with E-state index in [-0.39, 0.29) is 18.6 Å². The Bertz CT molecular complexity index is 716. The first-order valence-corrected chi connectivity index (χ1v) is 9.62. The number of hydrogen-bond donors (Lipinski definition) is 1. The average molecular weight is 388 g/mol. The molecule has 1 atom stereocenters. The number of para-hydroxylation sites is 1. The molecule has 144 valence electrons. The Hall–Kier alpha value is -2.08. The van der Waals surface area contributed by atoms with E-state index < -0.39 is 0 Å². The summed E-state index contributed by atoms with van der Waals surface area (Å²) in [4.78, 5) is 17.0. The second-order valence-corrected chi connectivity index (χ2v) is 7.25. The molecule has 1 heterocycles. The smallest absolute Gasteiger partial charge is 0.258 e. The minimum atomic E-state index is -0.119. The lowest BCUT2D eigenvalue weighted by atomic mass is 10.0. The van der Waals surface area contributed by atoms with Crippen molar-refractivity contribution >= 4 is 17.5 Å². The van der Waals surface area contributed by atoms with Gasteiger partial charge in [-0.15, -0.1) is 0 Å². The van der Waals surface area contributed by atoms with Crippen LogP contribution in [0.1, 0.15) is 11.6 Å². The quantitative estimate of drug-likeness (QED) is 0.793. The molecular weight excluding hydrogens is 362 g/mol. The van der Waals surface area contributed by atoms with Gasteiger partial charge in [0, 0.05) is 37.7 Å². The van der Waals surface area contributed by atoms with E-state index in [4.69, 9.17) is 16.3 Å². The number of carbonyl (C=O) groups is 1. The third kappa shape index (κ3) is 5.96. The molecule has 2 aromatic rings. The molecule has 0 spiro atoms. The summed E-state index contributed by atoms with van der Waals surface area (Å²) in [5.74, 6) is 0.577. The molecule has 0 saturated carbocycles. The summed E-state index contributed by atoms with van der Waals surface area (Å²) in [6.07, 6.45) is 0. The van der Waals surface area contributed by atoms with E-state index in [0.29, 0.717) is 12.3 Å². The lowest BCUT2D eigenvalue weighted by Crippen LogP contribution is -2.48. The maximum absolute atomic E-state index is 12.3. The van der Waals surface area contributed by atoms with Crippen LogP contribution in [-0.4, -0.2) is 62.1 Å². The molecule has 1 N–H and O–H groups in total. The van der Waals surface area contributed by atoms with Gasteiger partial charge in [0.25, 0.3) is 5.91 Å². The predicted octanol–water partition coefficient (Wildman–Crippen LogP) is 2.82. The van der Waals surface area contributed by atoms with Crippen LogP contribution in [-0.2, 0) is 4.79 Å². The Morgan fingerprint density at radius 3 is 2.41 bits per heavy atom. The Morgan fingerprint density at radius 1 is 1.07 bits per heavy atom. The van der Waals surface area contributed by atoms with Crippen LogP contribution in [0.15, 0.2) is 54.6 Å². The van der Waals surface area contributed by atoms with E-state index in [1.165, 1.54) is 0 Å². The van der Waals surface area contributed by atoms with Gasteiger partial charge in [0.15, 0.2) is 6.61 Å². The molecule has 5 nitrogen and oxygen atoms in total. The van der Waals surface area contributed by atoms with E-state index in [9.17, 15) is 4.79 Å². The number of nitrogens with zero attached hydrogens (tertiary/aromatic N) is 2. The molecule has 2 aromatic carbocycles. The minimum Gasteiger partial charge on any atom is -0.484 e. The molecule has 1 aliphatic rings. The Morgan fingerprint density at radius 2 is 1.74 bits per heavy atom. The maximum Gasteiger partial charge on any atom is 0.258 e. The lowest BCUT2D eigenvalue weighted by molar-refractivity contribution is -0.123. The van der Waals surface area contributed by atoms with Crippen molar-refractivity contribution in [1.29, 1.82) is 0 Å². The van der Waals surface area contributed by atoms with Gasteiger partial charge in [0.2, 0.25) is 0 Å². The zero-order chi connectivity index (χ0) is 19.1. The molecule has 1 amide bonds. The Kier molecular flexibility index (Phi) is 7.10. The topological polar surface area (TPSA) is 44.8 Å². The Balaban J connectivity index is 1.59. The van der Waals surface area contributed by atoms with Crippen molar-refractivity contribution in [3.63, 3.8) is 0 Å². The van der Waals surface area contributed by atoms with Gasteiger partial charge in [-0.3, -0.25) is 9.69 Å². The van der Waals surface area contributed by atoms with E-state index in [2.05, 4.69) is 22.2 Å². The number of rotatable bonds is 7. The van der Waals surface area contributed by atoms with Crippen molar-refractivity contribution in [2.45, 2.75) is 6.04 Å². The van der Waals surface area contributed by atoms with Crippen molar-refractivity contribution in [2.24, 2.45) is 0 Å². The predicted molar refractivity (Wildman–Crippen MR) is 108 cm³/mol. The van der Waals surface area contributed by atoms with Gasteiger partial charge < -0.3 is 15.0 Å². The number of likely N-dealkylation sites (N-methyl/N-ethyl adjacent to an activating group) is 1. The number of ether oxygens (including phenoxy) is 1. The number of carbonyl (C=O) groups excluding carboxylic acids is 1. The maximum atomic E-state index is 12.3. The molecule has 3 rings (SSSR count). The summed E-state index contributed by atoms with van der Waals surface area (Å²) in [6.45, 7) is 4.55. The molecule has 0 bridgehead atoms. The fourth-order valence-electron chi connectivity index (χ4n) is 3.20. The zero-order valence-electron chi connectivity index (χ0n) is 15.6. The third-order valence-corrected chi connectivity index (χ3v) is 5.09. The van der Waals surface area contributed by atoms with Gasteiger partial charge in [-0.25, -0.2) is 0 Å². The van der Waals surface area contributed by atoms with Gasteiger partial charge in [0.1, 0.15) is 5.75 Å². The van der Waals surface area contributed by atoms with Crippen LogP contribution < -0.4 is 10.1 Å². The summed E-state index contributed by atoms with van der Waals surface area (Å²) in [7, 11) is 2.14. The van der Waals surface area contributed by atoms with Gasteiger partial charge in [-0.05, 0) is 36.9 Å². The molecule has 0 unspecified atom stereocenters. The minimum absolute atomic E-state index is 0.0140. The Labute approximate surface area is 165 Å². The first-order valence-electron chi connectivity index (χ1n) is 9.24.